The number of aromatic hydroxyl groups is 1. The van der Waals surface area contributed by atoms with E-state index >= 15 is 0 Å². The van der Waals surface area contributed by atoms with Crippen LogP contribution in [0.15, 0.2) is 12.1 Å². The van der Waals surface area contributed by atoms with Crippen LogP contribution in [0.25, 0.3) is 0 Å². The van der Waals surface area contributed by atoms with Crippen LogP contribution in [-0.2, 0) is 11.4 Å². The quantitative estimate of drug-likeness (QED) is 0.689. The molecule has 0 radical (unpaired) electrons. The molecule has 4 nitrogen and oxygen atoms in total. The van der Waals surface area contributed by atoms with Crippen molar-refractivity contribution in [2.75, 3.05) is 7.11 Å². The van der Waals surface area contributed by atoms with E-state index in [0.717, 1.165) is 11.1 Å². The molecule has 0 spiro atoms. The van der Waals surface area contributed by atoms with E-state index < -0.39 is 0 Å². The number of hydrogen-bond donors (Lipinski definition) is 2. The molecule has 1 rings (SSSR count). The molecule has 0 fully saturated rings. The maximum atomic E-state index is 9.27. The van der Waals surface area contributed by atoms with E-state index in [1.165, 1.54) is 13.2 Å². The molecule has 0 atom stereocenters. The second-order valence-electron chi connectivity index (χ2n) is 2.75. The highest BCUT2D eigenvalue weighted by molar-refractivity contribution is 5.45. The lowest BCUT2D eigenvalue weighted by molar-refractivity contribution is 0.121. The molecular weight excluding hydrogens is 170 g/mol. The highest BCUT2D eigenvalue weighted by Crippen LogP contribution is 2.27. The van der Waals surface area contributed by atoms with Crippen LogP contribution in [0.4, 0.5) is 0 Å². The summed E-state index contributed by atoms with van der Waals surface area (Å²) in [7, 11) is 1.54. The van der Waals surface area contributed by atoms with Gasteiger partial charge in [0.05, 0.1) is 13.7 Å². The summed E-state index contributed by atoms with van der Waals surface area (Å²) < 4.78 is 5.06. The van der Waals surface area contributed by atoms with Crippen molar-refractivity contribution >= 4 is 0 Å². The van der Waals surface area contributed by atoms with Gasteiger partial charge >= 0.3 is 0 Å². The number of aryl methyl sites for hydroxylation is 1. The van der Waals surface area contributed by atoms with Gasteiger partial charge in [-0.3, -0.25) is 4.84 Å². The first-order valence-corrected chi connectivity index (χ1v) is 3.87. The van der Waals surface area contributed by atoms with Crippen LogP contribution in [0.3, 0.4) is 0 Å². The van der Waals surface area contributed by atoms with Gasteiger partial charge in [0.25, 0.3) is 0 Å². The molecule has 13 heavy (non-hydrogen) atoms. The van der Waals surface area contributed by atoms with E-state index in [4.69, 9.17) is 10.6 Å². The molecule has 4 heteroatoms. The molecule has 72 valence electrons. The fourth-order valence-corrected chi connectivity index (χ4v) is 1.22. The van der Waals surface area contributed by atoms with Gasteiger partial charge < -0.3 is 9.84 Å². The molecule has 3 N–H and O–H groups in total. The highest BCUT2D eigenvalue weighted by atomic mass is 16.6. The van der Waals surface area contributed by atoms with Crippen molar-refractivity contribution in [2.24, 2.45) is 5.90 Å². The second kappa shape index (κ2) is 4.11. The maximum Gasteiger partial charge on any atom is 0.128 e. The smallest absolute Gasteiger partial charge is 0.128 e. The minimum atomic E-state index is 0.176. The van der Waals surface area contributed by atoms with Crippen LogP contribution in [0.5, 0.6) is 11.5 Å². The molecule has 0 unspecified atom stereocenters. The van der Waals surface area contributed by atoms with Gasteiger partial charge in [-0.25, -0.2) is 5.90 Å². The van der Waals surface area contributed by atoms with Gasteiger partial charge in [0.2, 0.25) is 0 Å². The van der Waals surface area contributed by atoms with Gasteiger partial charge in [0, 0.05) is 11.6 Å². The van der Waals surface area contributed by atoms with Crippen molar-refractivity contribution in [3.63, 3.8) is 0 Å². The van der Waals surface area contributed by atoms with Gasteiger partial charge in [0.1, 0.15) is 11.5 Å². The van der Waals surface area contributed by atoms with Crippen LogP contribution in [0, 0.1) is 6.92 Å². The van der Waals surface area contributed by atoms with Gasteiger partial charge in [-0.05, 0) is 18.6 Å². The molecule has 0 aliphatic heterocycles. The summed E-state index contributed by atoms with van der Waals surface area (Å²) in [5.41, 5.74) is 1.74. The summed E-state index contributed by atoms with van der Waals surface area (Å²) >= 11 is 0. The molecule has 0 bridgehead atoms. The van der Waals surface area contributed by atoms with E-state index in [2.05, 4.69) is 4.84 Å². The zero-order chi connectivity index (χ0) is 9.84. The Bertz CT molecular complexity index is 299. The third kappa shape index (κ3) is 2.11. The third-order valence-corrected chi connectivity index (χ3v) is 1.86. The number of methoxy groups -OCH3 is 1. The van der Waals surface area contributed by atoms with Crippen molar-refractivity contribution in [1.29, 1.82) is 0 Å². The summed E-state index contributed by atoms with van der Waals surface area (Å²) in [6.07, 6.45) is 0. The lowest BCUT2D eigenvalue weighted by Gasteiger charge is -2.10. The predicted octanol–water partition coefficient (Wildman–Crippen LogP) is 1.10. The van der Waals surface area contributed by atoms with Crippen LogP contribution < -0.4 is 10.6 Å². The van der Waals surface area contributed by atoms with Crippen LogP contribution in [-0.4, -0.2) is 12.2 Å². The van der Waals surface area contributed by atoms with Crippen LogP contribution in [0.2, 0.25) is 0 Å². The highest BCUT2D eigenvalue weighted by Gasteiger charge is 2.07. The zero-order valence-electron chi connectivity index (χ0n) is 7.70. The number of phenols is 1. The van der Waals surface area contributed by atoms with Crippen molar-refractivity contribution in [2.45, 2.75) is 13.5 Å². The summed E-state index contributed by atoms with van der Waals surface area (Å²) in [5.74, 6) is 5.74. The number of hydrogen-bond acceptors (Lipinski definition) is 4. The van der Waals surface area contributed by atoms with E-state index in [1.807, 2.05) is 6.92 Å². The Kier molecular flexibility index (Phi) is 3.11. The molecule has 0 amide bonds. The zero-order valence-corrected chi connectivity index (χ0v) is 7.70. The summed E-state index contributed by atoms with van der Waals surface area (Å²) in [5, 5.41) is 9.27. The van der Waals surface area contributed by atoms with Gasteiger partial charge in [-0.2, -0.15) is 0 Å². The number of ether oxygens (including phenoxy) is 1. The van der Waals surface area contributed by atoms with Crippen molar-refractivity contribution in [3.8, 4) is 11.5 Å². The molecule has 0 aliphatic rings. The Hall–Kier alpha value is -1.26. The van der Waals surface area contributed by atoms with Crippen molar-refractivity contribution < 1.29 is 14.7 Å². The molecule has 1 aromatic carbocycles. The fraction of sp³-hybridized carbons (Fsp3) is 0.333. The first-order valence-electron chi connectivity index (χ1n) is 3.87. The molecule has 1 aromatic rings. The third-order valence-electron chi connectivity index (χ3n) is 1.86. The Morgan fingerprint density at radius 3 is 2.69 bits per heavy atom. The van der Waals surface area contributed by atoms with E-state index in [1.54, 1.807) is 6.07 Å². The molecule has 0 saturated heterocycles. The molecule has 0 saturated carbocycles. The fourth-order valence-electron chi connectivity index (χ4n) is 1.22. The summed E-state index contributed by atoms with van der Waals surface area (Å²) in [6.45, 7) is 2.13. The Morgan fingerprint density at radius 2 is 2.15 bits per heavy atom. The topological polar surface area (TPSA) is 64.7 Å². The van der Waals surface area contributed by atoms with E-state index in [0.29, 0.717) is 5.75 Å². The lowest BCUT2D eigenvalue weighted by Crippen LogP contribution is -2.03. The Morgan fingerprint density at radius 1 is 1.46 bits per heavy atom. The maximum absolute atomic E-state index is 9.27. The molecule has 0 heterocycles. The minimum absolute atomic E-state index is 0.176. The minimum Gasteiger partial charge on any atom is -0.508 e. The van der Waals surface area contributed by atoms with Crippen molar-refractivity contribution in [3.05, 3.63) is 23.3 Å². The largest absolute Gasteiger partial charge is 0.508 e. The van der Waals surface area contributed by atoms with Crippen LogP contribution in [0.1, 0.15) is 11.1 Å². The Balaban J connectivity index is 3.13. The lowest BCUT2D eigenvalue weighted by atomic mass is 10.1. The molecule has 0 aromatic heterocycles. The standard InChI is InChI=1S/C9H13NO3/c1-6-3-7(11)4-9(12-2)8(6)5-13-10/h3-4,11H,5,10H2,1-2H3. The normalized spacial score (nSPS) is 10.1. The van der Waals surface area contributed by atoms with Crippen LogP contribution >= 0.6 is 0 Å². The number of nitrogens with two attached hydrogens (primary N) is 1. The van der Waals surface area contributed by atoms with Gasteiger partial charge in [-0.1, -0.05) is 0 Å². The second-order valence-corrected chi connectivity index (χ2v) is 2.75. The average molecular weight is 183 g/mol. The number of rotatable bonds is 3. The van der Waals surface area contributed by atoms with Gasteiger partial charge in [0.15, 0.2) is 0 Å². The predicted molar refractivity (Wildman–Crippen MR) is 48.4 cm³/mol. The molecule has 0 aliphatic carbocycles. The number of benzene rings is 1. The van der Waals surface area contributed by atoms with E-state index in [9.17, 15) is 5.11 Å². The van der Waals surface area contributed by atoms with E-state index in [-0.39, 0.29) is 12.4 Å². The Labute approximate surface area is 76.8 Å². The summed E-state index contributed by atoms with van der Waals surface area (Å²) in [4.78, 5) is 4.53. The monoisotopic (exact) mass is 183 g/mol. The van der Waals surface area contributed by atoms with Crippen molar-refractivity contribution in [1.82, 2.24) is 0 Å². The first kappa shape index (κ1) is 9.83. The molecular formula is C9H13NO3. The number of phenolic OH excluding ortho intramolecular Hbond substituents is 1. The first-order chi connectivity index (χ1) is 6.19. The SMILES string of the molecule is COc1cc(O)cc(C)c1CON. The average Bonchev–Trinajstić information content (AvgIpc) is 2.09. The van der Waals surface area contributed by atoms with Gasteiger partial charge in [-0.15, -0.1) is 0 Å². The summed E-state index contributed by atoms with van der Waals surface area (Å²) in [6, 6.07) is 3.16.